The molecule has 1 amide bonds. The lowest BCUT2D eigenvalue weighted by atomic mass is 9.70. The Bertz CT molecular complexity index is 315. The van der Waals surface area contributed by atoms with Crippen molar-refractivity contribution in [1.82, 2.24) is 10.6 Å². The molecule has 0 aromatic heterocycles. The van der Waals surface area contributed by atoms with Crippen LogP contribution < -0.4 is 10.6 Å². The zero-order valence-corrected chi connectivity index (χ0v) is 13.5. The Labute approximate surface area is 123 Å². The quantitative estimate of drug-likeness (QED) is 0.838. The first-order chi connectivity index (χ1) is 8.39. The van der Waals surface area contributed by atoms with Gasteiger partial charge in [-0.2, -0.15) is 0 Å². The van der Waals surface area contributed by atoms with E-state index in [9.17, 15) is 4.79 Å². The second-order valence-electron chi connectivity index (χ2n) is 7.21. The zero-order valence-electron chi connectivity index (χ0n) is 12.7. The van der Waals surface area contributed by atoms with Crippen molar-refractivity contribution in [2.45, 2.75) is 53.0 Å². The van der Waals surface area contributed by atoms with Crippen LogP contribution in [0.3, 0.4) is 0 Å². The van der Waals surface area contributed by atoms with Gasteiger partial charge in [0.1, 0.15) is 0 Å². The molecule has 3 atom stereocenters. The van der Waals surface area contributed by atoms with Gasteiger partial charge in [0.2, 0.25) is 5.91 Å². The molecule has 1 saturated carbocycles. The summed E-state index contributed by atoms with van der Waals surface area (Å²) in [6.07, 6.45) is 3.58. The normalized spacial score (nSPS) is 31.8. The van der Waals surface area contributed by atoms with Crippen LogP contribution in [0.2, 0.25) is 0 Å². The van der Waals surface area contributed by atoms with Gasteiger partial charge >= 0.3 is 0 Å². The van der Waals surface area contributed by atoms with Crippen molar-refractivity contribution in [3.05, 3.63) is 0 Å². The smallest absolute Gasteiger partial charge is 0.223 e. The van der Waals surface area contributed by atoms with Crippen molar-refractivity contribution in [3.8, 4) is 0 Å². The topological polar surface area (TPSA) is 41.1 Å². The predicted octanol–water partition coefficient (Wildman–Crippen LogP) is 2.59. The van der Waals surface area contributed by atoms with Crippen LogP contribution in [0.15, 0.2) is 0 Å². The molecule has 4 heteroatoms. The molecule has 112 valence electrons. The second-order valence-corrected chi connectivity index (χ2v) is 7.21. The molecular formula is C15H29ClN2O. The van der Waals surface area contributed by atoms with Gasteiger partial charge < -0.3 is 10.6 Å². The summed E-state index contributed by atoms with van der Waals surface area (Å²) in [6, 6.07) is 0.390. The summed E-state index contributed by atoms with van der Waals surface area (Å²) >= 11 is 0. The summed E-state index contributed by atoms with van der Waals surface area (Å²) in [7, 11) is 0. The highest BCUT2D eigenvalue weighted by Crippen LogP contribution is 2.38. The van der Waals surface area contributed by atoms with Crippen LogP contribution in [0.5, 0.6) is 0 Å². The number of hydrogen-bond donors (Lipinski definition) is 2. The van der Waals surface area contributed by atoms with Crippen LogP contribution in [-0.4, -0.2) is 25.0 Å². The van der Waals surface area contributed by atoms with Crippen molar-refractivity contribution in [3.63, 3.8) is 0 Å². The van der Waals surface area contributed by atoms with E-state index >= 15 is 0 Å². The Hall–Kier alpha value is -0.280. The highest BCUT2D eigenvalue weighted by atomic mass is 35.5. The van der Waals surface area contributed by atoms with Gasteiger partial charge in [-0.15, -0.1) is 12.4 Å². The molecule has 0 spiro atoms. The largest absolute Gasteiger partial charge is 0.353 e. The minimum absolute atomic E-state index is 0. The van der Waals surface area contributed by atoms with E-state index in [0.29, 0.717) is 23.3 Å². The number of hydrogen-bond acceptors (Lipinski definition) is 2. The fourth-order valence-electron chi connectivity index (χ4n) is 3.35. The molecule has 1 aliphatic carbocycles. The molecule has 1 heterocycles. The summed E-state index contributed by atoms with van der Waals surface area (Å²) in [5, 5.41) is 6.53. The van der Waals surface area contributed by atoms with E-state index in [2.05, 4.69) is 38.3 Å². The fraction of sp³-hybridized carbons (Fsp3) is 0.933. The van der Waals surface area contributed by atoms with Gasteiger partial charge in [-0.05, 0) is 49.6 Å². The molecule has 0 bridgehead atoms. The summed E-state index contributed by atoms with van der Waals surface area (Å²) in [6.45, 7) is 11.0. The maximum Gasteiger partial charge on any atom is 0.223 e. The lowest BCUT2D eigenvalue weighted by Gasteiger charge is -2.40. The van der Waals surface area contributed by atoms with Gasteiger partial charge in [0.25, 0.3) is 0 Å². The molecule has 1 saturated heterocycles. The van der Waals surface area contributed by atoms with Crippen molar-refractivity contribution >= 4 is 18.3 Å². The maximum atomic E-state index is 12.2. The Balaban J connectivity index is 0.00000180. The van der Waals surface area contributed by atoms with E-state index in [1.807, 2.05) is 0 Å². The van der Waals surface area contributed by atoms with Crippen molar-refractivity contribution < 1.29 is 4.79 Å². The molecule has 2 rings (SSSR count). The molecule has 2 aliphatic rings. The molecule has 2 fully saturated rings. The third kappa shape index (κ3) is 4.09. The van der Waals surface area contributed by atoms with E-state index in [-0.39, 0.29) is 24.2 Å². The Kier molecular flexibility index (Phi) is 5.69. The minimum atomic E-state index is 0. The molecule has 1 aliphatic heterocycles. The van der Waals surface area contributed by atoms with Crippen LogP contribution in [0.1, 0.15) is 47.0 Å². The highest BCUT2D eigenvalue weighted by molar-refractivity contribution is 5.85. The van der Waals surface area contributed by atoms with Gasteiger partial charge in [-0.1, -0.05) is 27.7 Å². The lowest BCUT2D eigenvalue weighted by molar-refractivity contribution is -0.128. The number of carbonyl (C=O) groups excluding carboxylic acids is 1. The van der Waals surface area contributed by atoms with E-state index in [0.717, 1.165) is 19.5 Å². The molecule has 19 heavy (non-hydrogen) atoms. The van der Waals surface area contributed by atoms with Crippen molar-refractivity contribution in [2.75, 3.05) is 13.1 Å². The number of amides is 1. The minimum Gasteiger partial charge on any atom is -0.353 e. The van der Waals surface area contributed by atoms with Crippen LogP contribution in [-0.2, 0) is 4.79 Å². The first-order valence-corrected chi connectivity index (χ1v) is 7.40. The monoisotopic (exact) mass is 288 g/mol. The first-order valence-electron chi connectivity index (χ1n) is 7.40. The lowest BCUT2D eigenvalue weighted by Crippen LogP contribution is -2.52. The number of nitrogens with one attached hydrogen (secondary N) is 2. The maximum absolute atomic E-state index is 12.2. The number of halogens is 1. The molecule has 3 nitrogen and oxygen atoms in total. The third-order valence-electron chi connectivity index (χ3n) is 4.95. The zero-order chi connectivity index (χ0) is 13.3. The molecule has 3 unspecified atom stereocenters. The molecule has 0 aromatic carbocycles. The van der Waals surface area contributed by atoms with Gasteiger partial charge in [0, 0.05) is 12.0 Å². The second kappa shape index (κ2) is 6.45. The number of rotatable bonds is 3. The van der Waals surface area contributed by atoms with Gasteiger partial charge in [0.15, 0.2) is 0 Å². The summed E-state index contributed by atoms with van der Waals surface area (Å²) in [4.78, 5) is 12.2. The molecular weight excluding hydrogens is 260 g/mol. The van der Waals surface area contributed by atoms with E-state index in [4.69, 9.17) is 0 Å². The Morgan fingerprint density at radius 3 is 2.47 bits per heavy atom. The van der Waals surface area contributed by atoms with E-state index < -0.39 is 0 Å². The van der Waals surface area contributed by atoms with E-state index in [1.54, 1.807) is 0 Å². The fourth-order valence-corrected chi connectivity index (χ4v) is 3.35. The molecule has 0 aromatic rings. The first kappa shape index (κ1) is 16.8. The van der Waals surface area contributed by atoms with E-state index in [1.165, 1.54) is 12.8 Å². The standard InChI is InChI=1S/C15H28N2O.ClH/c1-10-7-15(3,4)6-5-13(10)17-14(18)11(2)12-8-16-9-12;/h10-13,16H,5-9H2,1-4H3,(H,17,18);1H. The molecule has 2 N–H and O–H groups in total. The average molecular weight is 289 g/mol. The SMILES string of the molecule is CC1CC(C)(C)CCC1NC(=O)C(C)C1CNC1.Cl. The predicted molar refractivity (Wildman–Crippen MR) is 81.5 cm³/mol. The van der Waals surface area contributed by atoms with Crippen LogP contribution in [0, 0.1) is 23.2 Å². The van der Waals surface area contributed by atoms with Crippen LogP contribution in [0.4, 0.5) is 0 Å². The summed E-state index contributed by atoms with van der Waals surface area (Å²) in [5.74, 6) is 1.57. The summed E-state index contributed by atoms with van der Waals surface area (Å²) < 4.78 is 0. The third-order valence-corrected chi connectivity index (χ3v) is 4.95. The molecule has 0 radical (unpaired) electrons. The van der Waals surface area contributed by atoms with Gasteiger partial charge in [0.05, 0.1) is 0 Å². The number of carbonyl (C=O) groups is 1. The van der Waals surface area contributed by atoms with Crippen LogP contribution in [0.25, 0.3) is 0 Å². The van der Waals surface area contributed by atoms with Crippen molar-refractivity contribution in [2.24, 2.45) is 23.2 Å². The van der Waals surface area contributed by atoms with Gasteiger partial charge in [-0.3, -0.25) is 4.79 Å². The van der Waals surface area contributed by atoms with Crippen LogP contribution >= 0.6 is 12.4 Å². The average Bonchev–Trinajstić information content (AvgIpc) is 2.18. The van der Waals surface area contributed by atoms with Crippen molar-refractivity contribution in [1.29, 1.82) is 0 Å². The Morgan fingerprint density at radius 1 is 1.37 bits per heavy atom. The van der Waals surface area contributed by atoms with Gasteiger partial charge in [-0.25, -0.2) is 0 Å². The Morgan fingerprint density at radius 2 is 2.00 bits per heavy atom. The highest BCUT2D eigenvalue weighted by Gasteiger charge is 2.35. The summed E-state index contributed by atoms with van der Waals surface area (Å²) in [5.41, 5.74) is 0.449.